The van der Waals surface area contributed by atoms with Crippen molar-refractivity contribution in [3.8, 4) is 45.8 Å². The van der Waals surface area contributed by atoms with Gasteiger partial charge in [-0.25, -0.2) is 0 Å². The van der Waals surface area contributed by atoms with E-state index in [2.05, 4.69) is 26.0 Å². The van der Waals surface area contributed by atoms with Gasteiger partial charge in [0.05, 0.1) is 13.5 Å². The van der Waals surface area contributed by atoms with E-state index >= 15 is 0 Å². The monoisotopic (exact) mass is 612 g/mol. The van der Waals surface area contributed by atoms with Crippen LogP contribution in [0.25, 0.3) is 22.3 Å². The minimum Gasteiger partial charge on any atom is -0.507 e. The van der Waals surface area contributed by atoms with Crippen molar-refractivity contribution in [1.29, 1.82) is 0 Å². The summed E-state index contributed by atoms with van der Waals surface area (Å²) >= 11 is 0. The summed E-state index contributed by atoms with van der Waals surface area (Å²) in [7, 11) is 1.21. The van der Waals surface area contributed by atoms with Gasteiger partial charge in [-0.1, -0.05) is 50.2 Å². The van der Waals surface area contributed by atoms with Crippen LogP contribution >= 0.6 is 0 Å². The highest BCUT2D eigenvalue weighted by Crippen LogP contribution is 2.45. The summed E-state index contributed by atoms with van der Waals surface area (Å²) in [5, 5.41) is 51.7. The molecule has 10 nitrogen and oxygen atoms in total. The minimum absolute atomic E-state index is 0.0199. The molecule has 5 N–H and O–H groups in total. The summed E-state index contributed by atoms with van der Waals surface area (Å²) in [4.78, 5) is 25.9. The summed E-state index contributed by atoms with van der Waals surface area (Å²) < 4.78 is 16.8. The Kier molecular flexibility index (Phi) is 8.58. The highest BCUT2D eigenvalue weighted by atomic mass is 16.5. The number of fused-ring (bicyclic) bond motifs is 1. The lowest BCUT2D eigenvalue weighted by molar-refractivity contribution is -0.140. The first-order chi connectivity index (χ1) is 21.5. The van der Waals surface area contributed by atoms with Crippen molar-refractivity contribution in [2.45, 2.75) is 38.7 Å². The van der Waals surface area contributed by atoms with Gasteiger partial charge in [0, 0.05) is 23.1 Å². The molecule has 0 aliphatic heterocycles. The first kappa shape index (κ1) is 30.8. The van der Waals surface area contributed by atoms with Gasteiger partial charge < -0.3 is 39.4 Å². The van der Waals surface area contributed by atoms with Crippen LogP contribution in [-0.2, 0) is 16.1 Å². The quantitative estimate of drug-likeness (QED) is 0.0930. The third kappa shape index (κ3) is 6.21. The molecule has 5 aromatic rings. The number of phenolic OH excluding ortho intramolecular Hbond substituents is 4. The Hall–Kier alpha value is -5.64. The molecule has 10 heteroatoms. The number of ether oxygens (including phenoxy) is 2. The van der Waals surface area contributed by atoms with Gasteiger partial charge in [0.25, 0.3) is 0 Å². The molecule has 0 bridgehead atoms. The van der Waals surface area contributed by atoms with E-state index in [1.165, 1.54) is 18.7 Å². The van der Waals surface area contributed by atoms with Crippen LogP contribution in [0.4, 0.5) is 0 Å². The maximum atomic E-state index is 13.3. The van der Waals surface area contributed by atoms with Crippen LogP contribution in [0.2, 0.25) is 0 Å². The number of phenols is 4. The maximum absolute atomic E-state index is 13.3. The zero-order chi connectivity index (χ0) is 32.4. The average molecular weight is 613 g/mol. The molecule has 1 aromatic heterocycles. The second kappa shape index (κ2) is 12.5. The molecule has 0 fully saturated rings. The molecule has 1 heterocycles. The second-order valence-electron chi connectivity index (χ2n) is 10.9. The van der Waals surface area contributed by atoms with Gasteiger partial charge >= 0.3 is 5.97 Å². The predicted octanol–water partition coefficient (Wildman–Crippen LogP) is 6.39. The van der Waals surface area contributed by atoms with Crippen LogP contribution in [-0.4, -0.2) is 38.6 Å². The largest absolute Gasteiger partial charge is 0.507 e. The van der Waals surface area contributed by atoms with Gasteiger partial charge in [0.1, 0.15) is 34.8 Å². The zero-order valence-corrected chi connectivity index (χ0v) is 24.8. The highest BCUT2D eigenvalue weighted by molar-refractivity contribution is 5.92. The number of carbonyl (C=O) groups is 1. The van der Waals surface area contributed by atoms with Gasteiger partial charge in [0.2, 0.25) is 11.2 Å². The average Bonchev–Trinajstić information content (AvgIpc) is 3.02. The van der Waals surface area contributed by atoms with E-state index in [-0.39, 0.29) is 23.1 Å². The van der Waals surface area contributed by atoms with Crippen LogP contribution in [0.5, 0.6) is 34.5 Å². The SMILES string of the molecule is COC(=O)CC(c1ccc(OCc2ccc(C(C)C)cc2)cc1)c1c(O)cc(O)c2c(=O)c(O)c(-c3ccc(O)c(O)c3)oc12. The van der Waals surface area contributed by atoms with Crippen LogP contribution in [0.1, 0.15) is 54.4 Å². The Morgan fingerprint density at radius 1 is 0.800 bits per heavy atom. The van der Waals surface area contributed by atoms with E-state index in [0.29, 0.717) is 23.8 Å². The summed E-state index contributed by atoms with van der Waals surface area (Å²) in [6, 6.07) is 19.4. The Morgan fingerprint density at radius 3 is 2.09 bits per heavy atom. The molecule has 45 heavy (non-hydrogen) atoms. The summed E-state index contributed by atoms with van der Waals surface area (Å²) in [5.41, 5.74) is 1.44. The first-order valence-corrected chi connectivity index (χ1v) is 14.1. The molecule has 1 atom stereocenters. The van der Waals surface area contributed by atoms with Crippen LogP contribution in [0.15, 0.2) is 82.0 Å². The number of esters is 1. The number of hydrogen-bond donors (Lipinski definition) is 5. The zero-order valence-electron chi connectivity index (χ0n) is 24.8. The van der Waals surface area contributed by atoms with Gasteiger partial charge in [-0.3, -0.25) is 9.59 Å². The van der Waals surface area contributed by atoms with Crippen molar-refractivity contribution in [1.82, 2.24) is 0 Å². The lowest BCUT2D eigenvalue weighted by Gasteiger charge is -2.21. The van der Waals surface area contributed by atoms with E-state index < -0.39 is 57.2 Å². The maximum Gasteiger partial charge on any atom is 0.306 e. The molecule has 0 aliphatic carbocycles. The van der Waals surface area contributed by atoms with Crippen molar-refractivity contribution in [2.24, 2.45) is 0 Å². The Labute approximate surface area is 258 Å². The number of aromatic hydroxyl groups is 5. The molecule has 0 saturated carbocycles. The molecule has 0 radical (unpaired) electrons. The van der Waals surface area contributed by atoms with Crippen molar-refractivity contribution in [3.63, 3.8) is 0 Å². The third-order valence-electron chi connectivity index (χ3n) is 7.66. The molecule has 0 spiro atoms. The Balaban J connectivity index is 1.58. The number of carbonyl (C=O) groups excluding carboxylic acids is 1. The first-order valence-electron chi connectivity index (χ1n) is 14.1. The number of benzene rings is 4. The van der Waals surface area contributed by atoms with Crippen LogP contribution < -0.4 is 10.2 Å². The van der Waals surface area contributed by atoms with Crippen molar-refractivity contribution in [3.05, 3.63) is 105 Å². The molecule has 232 valence electrons. The lowest BCUT2D eigenvalue weighted by atomic mass is 9.86. The fraction of sp³-hybridized carbons (Fsp3) is 0.200. The second-order valence-corrected chi connectivity index (χ2v) is 10.9. The number of rotatable bonds is 9. The molecular weight excluding hydrogens is 580 g/mol. The van der Waals surface area contributed by atoms with E-state index in [4.69, 9.17) is 13.9 Å². The summed E-state index contributed by atoms with van der Waals surface area (Å²) in [6.45, 7) is 4.58. The third-order valence-corrected chi connectivity index (χ3v) is 7.66. The van der Waals surface area contributed by atoms with Crippen molar-refractivity contribution >= 4 is 16.9 Å². The van der Waals surface area contributed by atoms with Gasteiger partial charge in [0.15, 0.2) is 17.3 Å². The van der Waals surface area contributed by atoms with Crippen molar-refractivity contribution < 1.29 is 44.2 Å². The molecule has 1 unspecified atom stereocenters. The van der Waals surface area contributed by atoms with Crippen LogP contribution in [0, 0.1) is 0 Å². The van der Waals surface area contributed by atoms with E-state index in [1.807, 2.05) is 12.1 Å². The molecule has 5 rings (SSSR count). The normalized spacial score (nSPS) is 11.9. The van der Waals surface area contributed by atoms with Gasteiger partial charge in [-0.05, 0) is 52.9 Å². The standard InChI is InChI=1S/C35H32O10/c1-18(2)20-6-4-19(5-7-20)17-44-23-11-8-21(9-12-23)24(15-29(40)43-3)30-27(38)16-28(39)31-32(41)33(42)34(45-35(30)31)22-10-13-25(36)26(37)14-22/h4-14,16,18,24,36-39,42H,15,17H2,1-3H3. The van der Waals surface area contributed by atoms with Crippen LogP contribution in [0.3, 0.4) is 0 Å². The van der Waals surface area contributed by atoms with E-state index in [1.54, 1.807) is 24.3 Å². The summed E-state index contributed by atoms with van der Waals surface area (Å²) in [5.74, 6) is -3.97. The minimum atomic E-state index is -1.01. The number of hydrogen-bond acceptors (Lipinski definition) is 10. The smallest absolute Gasteiger partial charge is 0.306 e. The summed E-state index contributed by atoms with van der Waals surface area (Å²) in [6.07, 6.45) is -0.285. The lowest BCUT2D eigenvalue weighted by Crippen LogP contribution is -2.12. The Bertz CT molecular complexity index is 1920. The predicted molar refractivity (Wildman–Crippen MR) is 166 cm³/mol. The molecular formula is C35H32O10. The molecule has 0 aliphatic rings. The fourth-order valence-electron chi connectivity index (χ4n) is 5.14. The van der Waals surface area contributed by atoms with E-state index in [0.717, 1.165) is 23.8 Å². The van der Waals surface area contributed by atoms with E-state index in [9.17, 15) is 35.1 Å². The van der Waals surface area contributed by atoms with Gasteiger partial charge in [-0.15, -0.1) is 0 Å². The molecule has 4 aromatic carbocycles. The highest BCUT2D eigenvalue weighted by Gasteiger charge is 2.30. The molecule has 0 saturated heterocycles. The topological polar surface area (TPSA) is 167 Å². The Morgan fingerprint density at radius 2 is 1.47 bits per heavy atom. The fourth-order valence-corrected chi connectivity index (χ4v) is 5.14. The molecule has 0 amide bonds. The number of methoxy groups -OCH3 is 1. The van der Waals surface area contributed by atoms with Gasteiger partial charge in [-0.2, -0.15) is 0 Å². The van der Waals surface area contributed by atoms with Crippen molar-refractivity contribution in [2.75, 3.05) is 7.11 Å².